The summed E-state index contributed by atoms with van der Waals surface area (Å²) in [5, 5.41) is 1.14. The maximum Gasteiger partial charge on any atom is 0.305 e. The molecule has 0 aliphatic carbocycles. The molecule has 0 unspecified atom stereocenters. The van der Waals surface area contributed by atoms with Gasteiger partial charge in [-0.25, -0.2) is 0 Å². The van der Waals surface area contributed by atoms with Gasteiger partial charge in [-0.3, -0.25) is 14.4 Å². The number of ether oxygens (including phenoxy) is 2. The number of benzene rings is 2. The number of H-pyrrole nitrogens is 1. The van der Waals surface area contributed by atoms with Crippen LogP contribution in [-0.2, 0) is 32.1 Å². The molecule has 3 aromatic rings. The van der Waals surface area contributed by atoms with E-state index < -0.39 is 0 Å². The van der Waals surface area contributed by atoms with Crippen molar-refractivity contribution in [2.24, 2.45) is 5.92 Å². The second kappa shape index (κ2) is 14.2. The zero-order chi connectivity index (χ0) is 27.5. The summed E-state index contributed by atoms with van der Waals surface area (Å²) < 4.78 is 10.2. The smallest absolute Gasteiger partial charge is 0.305 e. The normalized spacial score (nSPS) is 11.0. The topological polar surface area (TPSA) is 91.9 Å². The van der Waals surface area contributed by atoms with Crippen LogP contribution >= 0.6 is 0 Å². The fourth-order valence-corrected chi connectivity index (χ4v) is 4.53. The van der Waals surface area contributed by atoms with Crippen molar-refractivity contribution in [2.75, 3.05) is 33.9 Å². The summed E-state index contributed by atoms with van der Waals surface area (Å²) in [6.07, 6.45) is 3.42. The molecule has 1 heterocycles. The molecule has 0 atom stereocenters. The fourth-order valence-electron chi connectivity index (χ4n) is 4.53. The lowest BCUT2D eigenvalue weighted by atomic mass is 10.1. The molecule has 38 heavy (non-hydrogen) atoms. The zero-order valence-electron chi connectivity index (χ0n) is 22.9. The summed E-state index contributed by atoms with van der Waals surface area (Å²) in [5.74, 6) is 0.309. The lowest BCUT2D eigenvalue weighted by Crippen LogP contribution is -2.44. The number of rotatable bonds is 14. The minimum absolute atomic E-state index is 0.0156. The number of esters is 1. The second-order valence-corrected chi connectivity index (χ2v) is 9.83. The Labute approximate surface area is 224 Å². The molecule has 1 aromatic heterocycles. The third-order valence-electron chi connectivity index (χ3n) is 6.50. The van der Waals surface area contributed by atoms with Crippen LogP contribution in [0.15, 0.2) is 54.7 Å². The van der Waals surface area contributed by atoms with E-state index in [-0.39, 0.29) is 43.1 Å². The molecule has 8 nitrogen and oxygen atoms in total. The largest absolute Gasteiger partial charge is 0.496 e. The summed E-state index contributed by atoms with van der Waals surface area (Å²) in [6.45, 7) is 5.35. The molecular weight excluding hydrogens is 482 g/mol. The molecule has 8 heteroatoms. The predicted octanol–water partition coefficient (Wildman–Crippen LogP) is 4.58. The van der Waals surface area contributed by atoms with Gasteiger partial charge in [0.2, 0.25) is 11.8 Å². The third kappa shape index (κ3) is 8.10. The highest BCUT2D eigenvalue weighted by Gasteiger charge is 2.23. The van der Waals surface area contributed by atoms with Crippen LogP contribution in [0.2, 0.25) is 0 Å². The molecule has 3 rings (SSSR count). The SMILES string of the molecule is COC(=O)CCCC(=O)N(CC(=O)N(CCc1c[nH]c2ccccc12)Cc1ccccc1OC)CC(C)C. The van der Waals surface area contributed by atoms with Crippen LogP contribution in [0.25, 0.3) is 10.9 Å². The number of fused-ring (bicyclic) bond motifs is 1. The van der Waals surface area contributed by atoms with Gasteiger partial charge in [0.1, 0.15) is 5.75 Å². The van der Waals surface area contributed by atoms with Crippen LogP contribution in [0.4, 0.5) is 0 Å². The van der Waals surface area contributed by atoms with Gasteiger partial charge in [-0.15, -0.1) is 0 Å². The molecule has 0 aliphatic rings. The van der Waals surface area contributed by atoms with E-state index >= 15 is 0 Å². The Balaban J connectivity index is 1.77. The maximum atomic E-state index is 13.7. The van der Waals surface area contributed by atoms with Crippen LogP contribution in [0.1, 0.15) is 44.2 Å². The zero-order valence-corrected chi connectivity index (χ0v) is 22.9. The Morgan fingerprint density at radius 3 is 2.37 bits per heavy atom. The standard InChI is InChI=1S/C30H39N3O5/c1-22(2)19-33(28(34)14-9-15-30(36)38-4)21-29(35)32(20-24-10-5-8-13-27(24)37-3)17-16-23-18-31-26-12-7-6-11-25(23)26/h5-8,10-13,18,22,31H,9,14-17,19-21H2,1-4H3. The number of amides is 2. The van der Waals surface area contributed by atoms with Crippen LogP contribution in [0.5, 0.6) is 5.75 Å². The average molecular weight is 522 g/mol. The van der Waals surface area contributed by atoms with Crippen molar-refractivity contribution in [3.05, 3.63) is 65.9 Å². The number of methoxy groups -OCH3 is 2. The number of carbonyl (C=O) groups excluding carboxylic acids is 3. The molecule has 0 saturated heterocycles. The van der Waals surface area contributed by atoms with Gasteiger partial charge in [0.05, 0.1) is 20.8 Å². The highest BCUT2D eigenvalue weighted by molar-refractivity contribution is 5.86. The van der Waals surface area contributed by atoms with Gasteiger partial charge < -0.3 is 24.3 Å². The summed E-state index contributed by atoms with van der Waals surface area (Å²) in [6, 6.07) is 15.8. The summed E-state index contributed by atoms with van der Waals surface area (Å²) in [5.41, 5.74) is 3.10. The molecule has 0 radical (unpaired) electrons. The highest BCUT2D eigenvalue weighted by atomic mass is 16.5. The number of hydrogen-bond acceptors (Lipinski definition) is 5. The van der Waals surface area contributed by atoms with Gasteiger partial charge in [0, 0.05) is 55.1 Å². The number of aromatic nitrogens is 1. The lowest BCUT2D eigenvalue weighted by molar-refractivity contribution is -0.142. The van der Waals surface area contributed by atoms with Crippen molar-refractivity contribution < 1.29 is 23.9 Å². The average Bonchev–Trinajstić information content (AvgIpc) is 3.33. The van der Waals surface area contributed by atoms with Crippen molar-refractivity contribution in [2.45, 2.75) is 46.1 Å². The van der Waals surface area contributed by atoms with Crippen molar-refractivity contribution in [3.63, 3.8) is 0 Å². The molecule has 0 fully saturated rings. The molecule has 2 aromatic carbocycles. The molecule has 2 amide bonds. The van der Waals surface area contributed by atoms with Crippen LogP contribution in [0, 0.1) is 5.92 Å². The summed E-state index contributed by atoms with van der Waals surface area (Å²) >= 11 is 0. The van der Waals surface area contributed by atoms with E-state index in [1.807, 2.05) is 62.5 Å². The van der Waals surface area contributed by atoms with Crippen LogP contribution in [-0.4, -0.2) is 66.4 Å². The maximum absolute atomic E-state index is 13.7. The fraction of sp³-hybridized carbons (Fsp3) is 0.433. The van der Waals surface area contributed by atoms with Gasteiger partial charge >= 0.3 is 5.97 Å². The van der Waals surface area contributed by atoms with E-state index in [0.29, 0.717) is 32.5 Å². The first-order chi connectivity index (χ1) is 18.3. The minimum atomic E-state index is -0.343. The van der Waals surface area contributed by atoms with E-state index in [0.717, 1.165) is 27.8 Å². The summed E-state index contributed by atoms with van der Waals surface area (Å²) in [7, 11) is 2.95. The molecule has 0 aliphatic heterocycles. The Bertz CT molecular complexity index is 1220. The van der Waals surface area contributed by atoms with E-state index in [9.17, 15) is 14.4 Å². The number of nitrogens with zero attached hydrogens (tertiary/aromatic N) is 2. The number of para-hydroxylation sites is 2. The molecule has 0 bridgehead atoms. The first-order valence-corrected chi connectivity index (χ1v) is 13.1. The minimum Gasteiger partial charge on any atom is -0.496 e. The van der Waals surface area contributed by atoms with Crippen molar-refractivity contribution >= 4 is 28.7 Å². The lowest BCUT2D eigenvalue weighted by Gasteiger charge is -2.29. The van der Waals surface area contributed by atoms with E-state index in [4.69, 9.17) is 4.74 Å². The quantitative estimate of drug-likeness (QED) is 0.314. The Morgan fingerprint density at radius 2 is 1.63 bits per heavy atom. The van der Waals surface area contributed by atoms with E-state index in [1.54, 1.807) is 16.9 Å². The van der Waals surface area contributed by atoms with Crippen molar-refractivity contribution in [3.8, 4) is 5.75 Å². The highest BCUT2D eigenvalue weighted by Crippen LogP contribution is 2.22. The molecule has 0 saturated carbocycles. The van der Waals surface area contributed by atoms with Crippen molar-refractivity contribution in [1.82, 2.24) is 14.8 Å². The number of nitrogens with one attached hydrogen (secondary N) is 1. The molecule has 1 N–H and O–H groups in total. The third-order valence-corrected chi connectivity index (χ3v) is 6.50. The number of carbonyl (C=O) groups is 3. The van der Waals surface area contributed by atoms with Gasteiger partial charge in [0.15, 0.2) is 0 Å². The number of aromatic amines is 1. The van der Waals surface area contributed by atoms with Crippen LogP contribution < -0.4 is 4.74 Å². The molecule has 0 spiro atoms. The van der Waals surface area contributed by atoms with Gasteiger partial charge in [-0.1, -0.05) is 50.2 Å². The van der Waals surface area contributed by atoms with Crippen molar-refractivity contribution in [1.29, 1.82) is 0 Å². The Morgan fingerprint density at radius 1 is 0.895 bits per heavy atom. The van der Waals surface area contributed by atoms with Crippen LogP contribution in [0.3, 0.4) is 0 Å². The Hall–Kier alpha value is -3.81. The van der Waals surface area contributed by atoms with Gasteiger partial charge in [-0.2, -0.15) is 0 Å². The van der Waals surface area contributed by atoms with E-state index in [1.165, 1.54) is 7.11 Å². The predicted molar refractivity (Wildman–Crippen MR) is 148 cm³/mol. The van der Waals surface area contributed by atoms with E-state index in [2.05, 4.69) is 15.8 Å². The molecular formula is C30H39N3O5. The first-order valence-electron chi connectivity index (χ1n) is 13.1. The summed E-state index contributed by atoms with van der Waals surface area (Å²) in [4.78, 5) is 44.9. The van der Waals surface area contributed by atoms with Gasteiger partial charge in [0.25, 0.3) is 0 Å². The monoisotopic (exact) mass is 521 g/mol. The molecule has 204 valence electrons. The van der Waals surface area contributed by atoms with Gasteiger partial charge in [-0.05, 0) is 36.5 Å². The first kappa shape index (κ1) is 28.8. The number of hydrogen-bond donors (Lipinski definition) is 1. The Kier molecular flexibility index (Phi) is 10.8. The second-order valence-electron chi connectivity index (χ2n) is 9.83.